The highest BCUT2D eigenvalue weighted by molar-refractivity contribution is 7.71. The number of nitrogens with one attached hydrogen (secondary N) is 2. The minimum Gasteiger partial charge on any atom is -0.358 e. The molecule has 0 radical (unpaired) electrons. The molecule has 1 amide bonds. The van der Waals surface area contributed by atoms with E-state index >= 15 is 0 Å². The zero-order valence-electron chi connectivity index (χ0n) is 13.7. The normalized spacial score (nSPS) is 16.3. The Morgan fingerprint density at radius 2 is 2.17 bits per heavy atom. The molecule has 6 nitrogen and oxygen atoms in total. The molecule has 1 atom stereocenters. The molecule has 1 aliphatic rings. The lowest BCUT2D eigenvalue weighted by Gasteiger charge is -2.10. The van der Waals surface area contributed by atoms with Crippen LogP contribution in [0.2, 0.25) is 0 Å². The van der Waals surface area contributed by atoms with Crippen molar-refractivity contribution < 1.29 is 9.59 Å². The van der Waals surface area contributed by atoms with Gasteiger partial charge in [-0.3, -0.25) is 9.59 Å². The van der Waals surface area contributed by atoms with E-state index in [-0.39, 0.29) is 23.0 Å². The van der Waals surface area contributed by atoms with Crippen molar-refractivity contribution in [1.29, 1.82) is 0 Å². The molecular weight excluding hydrogens is 324 g/mol. The molecule has 7 heteroatoms. The second-order valence-corrected chi connectivity index (χ2v) is 6.73. The number of rotatable bonds is 5. The van der Waals surface area contributed by atoms with Crippen molar-refractivity contribution in [3.8, 4) is 0 Å². The van der Waals surface area contributed by atoms with Gasteiger partial charge in [-0.15, -0.1) is 0 Å². The third-order valence-corrected chi connectivity index (χ3v) is 4.33. The van der Waals surface area contributed by atoms with Crippen LogP contribution in [-0.2, 0) is 4.79 Å². The smallest absolute Gasteiger partial charge is 0.257 e. The lowest BCUT2D eigenvalue weighted by Crippen LogP contribution is -2.34. The topological polar surface area (TPSA) is 76.0 Å². The van der Waals surface area contributed by atoms with E-state index in [1.54, 1.807) is 0 Å². The van der Waals surface area contributed by atoms with E-state index in [9.17, 15) is 9.59 Å². The van der Waals surface area contributed by atoms with Crippen molar-refractivity contribution in [1.82, 2.24) is 14.9 Å². The molecule has 1 aromatic carbocycles. The van der Waals surface area contributed by atoms with Gasteiger partial charge in [-0.05, 0) is 36.7 Å². The highest BCUT2D eigenvalue weighted by atomic mass is 32.1. The molecule has 0 spiro atoms. The maximum absolute atomic E-state index is 12.6. The Bertz CT molecular complexity index is 859. The third-order valence-electron chi connectivity index (χ3n) is 4.05. The minimum absolute atomic E-state index is 0.0850. The quantitative estimate of drug-likeness (QED) is 0.816. The summed E-state index contributed by atoms with van der Waals surface area (Å²) in [5, 5.41) is 6.82. The Hall–Kier alpha value is -2.28. The summed E-state index contributed by atoms with van der Waals surface area (Å²) in [6.07, 6.45) is 0.999. The molecule has 0 saturated carbocycles. The maximum Gasteiger partial charge on any atom is 0.257 e. The Morgan fingerprint density at radius 3 is 2.92 bits per heavy atom. The number of nitrogens with zero attached hydrogens (tertiary/aromatic N) is 2. The minimum atomic E-state index is -0.613. The molecule has 0 bridgehead atoms. The molecule has 2 aromatic rings. The molecule has 3 rings (SSSR count). The Morgan fingerprint density at radius 1 is 1.42 bits per heavy atom. The predicted octanol–water partition coefficient (Wildman–Crippen LogP) is 2.75. The average Bonchev–Trinajstić information content (AvgIpc) is 2.85. The van der Waals surface area contributed by atoms with Gasteiger partial charge in [-0.2, -0.15) is 0 Å². The summed E-state index contributed by atoms with van der Waals surface area (Å²) < 4.78 is 1.60. The molecule has 1 aromatic heterocycles. The number of aromatic nitrogens is 2. The first-order valence-corrected chi connectivity index (χ1v) is 8.47. The van der Waals surface area contributed by atoms with Crippen LogP contribution in [0.1, 0.15) is 31.5 Å². The monoisotopic (exact) mass is 344 g/mol. The summed E-state index contributed by atoms with van der Waals surface area (Å²) in [6.45, 7) is 4.82. The number of benzene rings is 1. The van der Waals surface area contributed by atoms with Crippen molar-refractivity contribution >= 4 is 40.8 Å². The molecule has 126 valence electrons. The molecular formula is C17H20N4O2S. The Balaban J connectivity index is 1.78. The van der Waals surface area contributed by atoms with Crippen LogP contribution in [0.3, 0.4) is 0 Å². The first kappa shape index (κ1) is 16.6. The lowest BCUT2D eigenvalue weighted by molar-refractivity contribution is -0.121. The zero-order chi connectivity index (χ0) is 17.3. The molecule has 0 fully saturated rings. The third kappa shape index (κ3) is 3.17. The fraction of sp³-hybridized carbons (Fsp3) is 0.412. The molecule has 0 unspecified atom stereocenters. The number of anilines is 1. The number of fused-ring (bicyclic) bond motifs is 3. The fourth-order valence-corrected chi connectivity index (χ4v) is 3.05. The van der Waals surface area contributed by atoms with Crippen LogP contribution in [-0.4, -0.2) is 34.0 Å². The second-order valence-electron chi connectivity index (χ2n) is 6.37. The number of para-hydroxylation sites is 1. The maximum atomic E-state index is 12.6. The first-order valence-electron chi connectivity index (χ1n) is 8.06. The molecule has 1 aliphatic heterocycles. The Kier molecular flexibility index (Phi) is 4.62. The van der Waals surface area contributed by atoms with Gasteiger partial charge in [-0.1, -0.05) is 26.0 Å². The van der Waals surface area contributed by atoms with Crippen LogP contribution in [0.15, 0.2) is 24.3 Å². The van der Waals surface area contributed by atoms with Crippen molar-refractivity contribution in [3.63, 3.8) is 0 Å². The van der Waals surface area contributed by atoms with Gasteiger partial charge in [0.15, 0.2) is 0 Å². The van der Waals surface area contributed by atoms with Gasteiger partial charge < -0.3 is 10.6 Å². The van der Waals surface area contributed by atoms with E-state index in [1.165, 1.54) is 4.57 Å². The number of hydrogen-bond donors (Lipinski definition) is 2. The summed E-state index contributed by atoms with van der Waals surface area (Å²) in [4.78, 5) is 29.0. The molecule has 24 heavy (non-hydrogen) atoms. The van der Waals surface area contributed by atoms with Crippen molar-refractivity contribution in [2.45, 2.75) is 32.7 Å². The van der Waals surface area contributed by atoms with E-state index in [1.807, 2.05) is 24.3 Å². The van der Waals surface area contributed by atoms with Gasteiger partial charge in [0.05, 0.1) is 11.9 Å². The van der Waals surface area contributed by atoms with Gasteiger partial charge in [0, 0.05) is 11.9 Å². The highest BCUT2D eigenvalue weighted by Crippen LogP contribution is 2.28. The van der Waals surface area contributed by atoms with Crippen LogP contribution in [0.25, 0.3) is 10.9 Å². The molecule has 2 N–H and O–H groups in total. The van der Waals surface area contributed by atoms with Gasteiger partial charge in [0.2, 0.25) is 10.7 Å². The van der Waals surface area contributed by atoms with Crippen LogP contribution in [0, 0.1) is 10.7 Å². The van der Waals surface area contributed by atoms with E-state index in [4.69, 9.17) is 12.2 Å². The summed E-state index contributed by atoms with van der Waals surface area (Å²) in [7, 11) is 0. The van der Waals surface area contributed by atoms with E-state index in [0.29, 0.717) is 18.3 Å². The van der Waals surface area contributed by atoms with E-state index in [2.05, 4.69) is 29.5 Å². The molecule has 0 aliphatic carbocycles. The van der Waals surface area contributed by atoms with Gasteiger partial charge in [-0.25, -0.2) is 9.55 Å². The first-order chi connectivity index (χ1) is 11.5. The summed E-state index contributed by atoms with van der Waals surface area (Å²) in [5.41, 5.74) is 0.732. The largest absolute Gasteiger partial charge is 0.358 e. The molecule has 2 heterocycles. The van der Waals surface area contributed by atoms with Gasteiger partial charge in [0.1, 0.15) is 11.9 Å². The second kappa shape index (κ2) is 6.68. The average molecular weight is 344 g/mol. The zero-order valence-corrected chi connectivity index (χ0v) is 14.5. The van der Waals surface area contributed by atoms with Crippen molar-refractivity contribution in [2.24, 2.45) is 5.92 Å². The van der Waals surface area contributed by atoms with Crippen molar-refractivity contribution in [3.05, 3.63) is 29.0 Å². The fourth-order valence-electron chi connectivity index (χ4n) is 2.77. The summed E-state index contributed by atoms with van der Waals surface area (Å²) in [6, 6.07) is 6.88. The number of carbonyl (C=O) groups excluding carboxylic acids is 2. The number of carbonyl (C=O) groups is 2. The van der Waals surface area contributed by atoms with Crippen LogP contribution in [0.5, 0.6) is 0 Å². The summed E-state index contributed by atoms with van der Waals surface area (Å²) >= 11 is 5.24. The van der Waals surface area contributed by atoms with E-state index in [0.717, 1.165) is 17.3 Å². The van der Waals surface area contributed by atoms with Crippen LogP contribution >= 0.6 is 12.2 Å². The summed E-state index contributed by atoms with van der Waals surface area (Å²) in [5.74, 6) is 0.775. The standard InChI is InChI=1S/C17H20N4O2S/c1-10(2)7-8-18-14(22)9-13-16(23)21-15(19-13)11-5-3-4-6-12(11)20-17(21)24/h3-6,10,13,19H,7-9H2,1-2H3,(H,18,22)/t13-/m1/s1. The highest BCUT2D eigenvalue weighted by Gasteiger charge is 2.33. The SMILES string of the molecule is CC(C)CCNC(=O)C[C@H]1Nc2c3ccccc3nc(=S)n2C1=O. The predicted molar refractivity (Wildman–Crippen MR) is 95.7 cm³/mol. The van der Waals surface area contributed by atoms with Gasteiger partial charge in [0.25, 0.3) is 5.91 Å². The Labute approximate surface area is 145 Å². The lowest BCUT2D eigenvalue weighted by atomic mass is 10.1. The molecule has 0 saturated heterocycles. The van der Waals surface area contributed by atoms with Gasteiger partial charge >= 0.3 is 0 Å². The van der Waals surface area contributed by atoms with Crippen LogP contribution in [0.4, 0.5) is 5.82 Å². The van der Waals surface area contributed by atoms with E-state index < -0.39 is 6.04 Å². The van der Waals surface area contributed by atoms with Crippen molar-refractivity contribution in [2.75, 3.05) is 11.9 Å². The van der Waals surface area contributed by atoms with Crippen LogP contribution < -0.4 is 10.6 Å². The number of amides is 1. The number of hydrogen-bond acceptors (Lipinski definition) is 5.